The van der Waals surface area contributed by atoms with Crippen molar-refractivity contribution in [2.75, 3.05) is 6.54 Å². The zero-order valence-corrected chi connectivity index (χ0v) is 22.0. The zero-order valence-electron chi connectivity index (χ0n) is 22.0. The highest BCUT2D eigenvalue weighted by Crippen LogP contribution is 2.19. The van der Waals surface area contributed by atoms with Gasteiger partial charge in [-0.2, -0.15) is 0 Å². The molecule has 35 heavy (non-hydrogen) atoms. The van der Waals surface area contributed by atoms with Gasteiger partial charge in [-0.05, 0) is 43.0 Å². The van der Waals surface area contributed by atoms with Crippen molar-refractivity contribution in [2.45, 2.75) is 104 Å². The second-order valence-corrected chi connectivity index (χ2v) is 9.91. The first-order valence-corrected chi connectivity index (χ1v) is 13.9. The molecule has 1 N–H and O–H groups in total. The van der Waals surface area contributed by atoms with Crippen LogP contribution >= 0.6 is 0 Å². The van der Waals surface area contributed by atoms with E-state index in [1.165, 1.54) is 75.3 Å². The molecule has 0 saturated heterocycles. The third kappa shape index (κ3) is 9.16. The molecule has 1 amide bonds. The van der Waals surface area contributed by atoms with E-state index in [2.05, 4.69) is 54.1 Å². The highest BCUT2D eigenvalue weighted by molar-refractivity contribution is 5.79. The number of benzene rings is 2. The van der Waals surface area contributed by atoms with Crippen LogP contribution in [0.15, 0.2) is 48.5 Å². The van der Waals surface area contributed by atoms with E-state index in [9.17, 15) is 4.79 Å². The largest absolute Gasteiger partial charge is 0.356 e. The molecule has 0 atom stereocenters. The summed E-state index contributed by atoms with van der Waals surface area (Å²) < 4.78 is 2.41. The second-order valence-electron chi connectivity index (χ2n) is 9.91. The Hall–Kier alpha value is -2.62. The van der Waals surface area contributed by atoms with Gasteiger partial charge < -0.3 is 9.88 Å². The van der Waals surface area contributed by atoms with Crippen molar-refractivity contribution in [2.24, 2.45) is 0 Å². The van der Waals surface area contributed by atoms with Crippen LogP contribution in [0.25, 0.3) is 11.0 Å². The van der Waals surface area contributed by atoms with Crippen LogP contribution in [0.5, 0.6) is 0 Å². The van der Waals surface area contributed by atoms with Gasteiger partial charge in [0.2, 0.25) is 5.91 Å². The lowest BCUT2D eigenvalue weighted by Crippen LogP contribution is -2.26. The molecule has 0 radical (unpaired) electrons. The van der Waals surface area contributed by atoms with Crippen molar-refractivity contribution < 1.29 is 4.79 Å². The van der Waals surface area contributed by atoms with E-state index in [0.717, 1.165) is 36.3 Å². The van der Waals surface area contributed by atoms with Gasteiger partial charge in [-0.15, -0.1) is 0 Å². The van der Waals surface area contributed by atoms with Crippen molar-refractivity contribution in [3.8, 4) is 0 Å². The third-order valence-corrected chi connectivity index (χ3v) is 6.98. The summed E-state index contributed by atoms with van der Waals surface area (Å²) in [6, 6.07) is 16.6. The number of aryl methyl sites for hydroxylation is 3. The molecule has 4 nitrogen and oxygen atoms in total. The normalized spacial score (nSPS) is 11.3. The molecule has 0 aliphatic rings. The fourth-order valence-corrected chi connectivity index (χ4v) is 4.84. The topological polar surface area (TPSA) is 46.9 Å². The Morgan fingerprint density at radius 2 is 1.49 bits per heavy atom. The van der Waals surface area contributed by atoms with Crippen LogP contribution in [0, 0.1) is 6.92 Å². The number of imidazole rings is 1. The van der Waals surface area contributed by atoms with Crippen molar-refractivity contribution in [1.29, 1.82) is 0 Å². The predicted octanol–water partition coefficient (Wildman–Crippen LogP) is 7.56. The van der Waals surface area contributed by atoms with E-state index >= 15 is 0 Å². The first-order chi connectivity index (χ1) is 17.2. The number of rotatable bonds is 17. The summed E-state index contributed by atoms with van der Waals surface area (Å²) in [5.41, 5.74) is 4.59. The minimum atomic E-state index is 0.0955. The quantitative estimate of drug-likeness (QED) is 0.205. The minimum absolute atomic E-state index is 0.0955. The second kappa shape index (κ2) is 15.4. The van der Waals surface area contributed by atoms with E-state index in [0.29, 0.717) is 13.0 Å². The summed E-state index contributed by atoms with van der Waals surface area (Å²) in [5.74, 6) is 1.24. The standard InChI is InChI=1S/C31H45N3O/c1-3-4-5-6-7-8-9-10-11-16-24-34-29-21-15-14-20-28(29)33-30(34)22-17-23-32-31(35)25-27-19-13-12-18-26(27)2/h12-15,18-21H,3-11,16-17,22-25H2,1-2H3,(H,32,35). The first-order valence-electron chi connectivity index (χ1n) is 13.9. The lowest BCUT2D eigenvalue weighted by Gasteiger charge is -2.10. The lowest BCUT2D eigenvalue weighted by atomic mass is 10.1. The Morgan fingerprint density at radius 1 is 0.829 bits per heavy atom. The smallest absolute Gasteiger partial charge is 0.224 e. The third-order valence-electron chi connectivity index (χ3n) is 6.98. The number of fused-ring (bicyclic) bond motifs is 1. The molecule has 3 rings (SSSR count). The number of unbranched alkanes of at least 4 members (excludes halogenated alkanes) is 9. The van der Waals surface area contributed by atoms with E-state index in [1.807, 2.05) is 18.2 Å². The zero-order chi connectivity index (χ0) is 24.7. The Bertz CT molecular complexity index is 1020. The molecule has 4 heteroatoms. The molecular weight excluding hydrogens is 430 g/mol. The molecule has 0 aliphatic heterocycles. The SMILES string of the molecule is CCCCCCCCCCCCn1c(CCCNC(=O)Cc2ccccc2C)nc2ccccc21. The van der Waals surface area contributed by atoms with Gasteiger partial charge >= 0.3 is 0 Å². The molecule has 0 fully saturated rings. The number of hydrogen-bond acceptors (Lipinski definition) is 2. The van der Waals surface area contributed by atoms with Crippen molar-refractivity contribution >= 4 is 16.9 Å². The number of carbonyl (C=O) groups excluding carboxylic acids is 1. The fourth-order valence-electron chi connectivity index (χ4n) is 4.84. The molecule has 1 aromatic heterocycles. The van der Waals surface area contributed by atoms with Crippen molar-refractivity contribution in [1.82, 2.24) is 14.9 Å². The summed E-state index contributed by atoms with van der Waals surface area (Å²) in [6.07, 6.45) is 15.8. The van der Waals surface area contributed by atoms with E-state index < -0.39 is 0 Å². The van der Waals surface area contributed by atoms with E-state index in [-0.39, 0.29) is 5.91 Å². The maximum Gasteiger partial charge on any atom is 0.224 e. The Kier molecular flexibility index (Phi) is 11.9. The van der Waals surface area contributed by atoms with Crippen LogP contribution in [0.1, 0.15) is 94.5 Å². The Balaban J connectivity index is 1.40. The van der Waals surface area contributed by atoms with Gasteiger partial charge in [-0.25, -0.2) is 4.98 Å². The molecule has 3 aromatic rings. The summed E-state index contributed by atoms with van der Waals surface area (Å²) >= 11 is 0. The van der Waals surface area contributed by atoms with Gasteiger partial charge in [0.25, 0.3) is 0 Å². The van der Waals surface area contributed by atoms with Crippen LogP contribution in [0.3, 0.4) is 0 Å². The minimum Gasteiger partial charge on any atom is -0.356 e. The van der Waals surface area contributed by atoms with Gasteiger partial charge in [0.1, 0.15) is 5.82 Å². The van der Waals surface area contributed by atoms with Gasteiger partial charge in [-0.1, -0.05) is 101 Å². The molecule has 0 bridgehead atoms. The van der Waals surface area contributed by atoms with E-state index in [4.69, 9.17) is 4.98 Å². The molecule has 0 spiro atoms. The molecule has 190 valence electrons. The maximum atomic E-state index is 12.4. The Morgan fingerprint density at radius 3 is 2.23 bits per heavy atom. The van der Waals surface area contributed by atoms with Crippen LogP contribution in [-0.4, -0.2) is 22.0 Å². The van der Waals surface area contributed by atoms with Crippen LogP contribution in [0.4, 0.5) is 0 Å². The number of hydrogen-bond donors (Lipinski definition) is 1. The number of amides is 1. The number of nitrogens with zero attached hydrogens (tertiary/aromatic N) is 2. The molecule has 0 saturated carbocycles. The summed E-state index contributed by atoms with van der Waals surface area (Å²) in [7, 11) is 0. The highest BCUT2D eigenvalue weighted by atomic mass is 16.1. The first kappa shape index (κ1) is 27.0. The number of aromatic nitrogens is 2. The van der Waals surface area contributed by atoms with Gasteiger partial charge in [0, 0.05) is 19.5 Å². The summed E-state index contributed by atoms with van der Waals surface area (Å²) in [6.45, 7) is 6.06. The number of carbonyl (C=O) groups is 1. The van der Waals surface area contributed by atoms with Crippen molar-refractivity contribution in [3.05, 3.63) is 65.5 Å². The van der Waals surface area contributed by atoms with E-state index in [1.54, 1.807) is 0 Å². The average molecular weight is 476 g/mol. The summed E-state index contributed by atoms with van der Waals surface area (Å²) in [4.78, 5) is 17.3. The van der Waals surface area contributed by atoms with Crippen LogP contribution in [0.2, 0.25) is 0 Å². The number of para-hydroxylation sites is 2. The van der Waals surface area contributed by atoms with Crippen LogP contribution in [-0.2, 0) is 24.2 Å². The molecule has 0 aliphatic carbocycles. The molecule has 2 aromatic carbocycles. The monoisotopic (exact) mass is 475 g/mol. The molecular formula is C31H45N3O. The lowest BCUT2D eigenvalue weighted by molar-refractivity contribution is -0.120. The van der Waals surface area contributed by atoms with Gasteiger partial charge in [0.05, 0.1) is 17.5 Å². The van der Waals surface area contributed by atoms with Gasteiger partial charge in [-0.3, -0.25) is 4.79 Å². The van der Waals surface area contributed by atoms with Crippen LogP contribution < -0.4 is 5.32 Å². The van der Waals surface area contributed by atoms with Crippen molar-refractivity contribution in [3.63, 3.8) is 0 Å². The average Bonchev–Trinajstić information content (AvgIpc) is 3.22. The molecule has 1 heterocycles. The molecule has 0 unspecified atom stereocenters. The fraction of sp³-hybridized carbons (Fsp3) is 0.548. The highest BCUT2D eigenvalue weighted by Gasteiger charge is 2.11. The summed E-state index contributed by atoms with van der Waals surface area (Å²) in [5, 5.41) is 3.09. The number of nitrogens with one attached hydrogen (secondary N) is 1. The van der Waals surface area contributed by atoms with Gasteiger partial charge in [0.15, 0.2) is 0 Å². The Labute approximate surface area is 212 Å². The predicted molar refractivity (Wildman–Crippen MR) is 148 cm³/mol. The maximum absolute atomic E-state index is 12.4.